The molecule has 1 saturated heterocycles. The van der Waals surface area contributed by atoms with Crippen molar-refractivity contribution in [3.63, 3.8) is 0 Å². The van der Waals surface area contributed by atoms with Crippen LogP contribution in [0.2, 0.25) is 0 Å². The van der Waals surface area contributed by atoms with Gasteiger partial charge in [-0.05, 0) is 24.5 Å². The third-order valence-electron chi connectivity index (χ3n) is 6.70. The van der Waals surface area contributed by atoms with Crippen LogP contribution in [0.15, 0.2) is 44.7 Å². The van der Waals surface area contributed by atoms with E-state index in [0.29, 0.717) is 28.1 Å². The second-order valence-corrected chi connectivity index (χ2v) is 13.1. The van der Waals surface area contributed by atoms with Gasteiger partial charge in [0.05, 0.1) is 17.6 Å². The van der Waals surface area contributed by atoms with Gasteiger partial charge in [0.2, 0.25) is 11.8 Å². The smallest absolute Gasteiger partial charge is 0.253 e. The zero-order valence-corrected chi connectivity index (χ0v) is 22.0. The highest BCUT2D eigenvalue weighted by Crippen LogP contribution is 2.33. The fourth-order valence-electron chi connectivity index (χ4n) is 4.85. The molecule has 0 aromatic carbocycles. The van der Waals surface area contributed by atoms with Crippen molar-refractivity contribution in [3.8, 4) is 10.6 Å². The molecular weight excluding hydrogens is 522 g/mol. The highest BCUT2D eigenvalue weighted by atomic mass is 32.2. The summed E-state index contributed by atoms with van der Waals surface area (Å²) in [7, 11) is -3.87. The Hall–Kier alpha value is -2.61. The summed E-state index contributed by atoms with van der Waals surface area (Å²) in [5, 5.41) is 8.77. The maximum absolute atomic E-state index is 13.3. The zero-order chi connectivity index (χ0) is 25.1. The van der Waals surface area contributed by atoms with Crippen LogP contribution in [0.25, 0.3) is 10.6 Å². The number of carbonyl (C=O) groups excluding carboxylic acids is 2. The quantitative estimate of drug-likeness (QED) is 0.454. The van der Waals surface area contributed by atoms with Gasteiger partial charge in [0, 0.05) is 30.7 Å². The molecule has 36 heavy (non-hydrogen) atoms. The molecule has 2 amide bonds. The van der Waals surface area contributed by atoms with Crippen molar-refractivity contribution in [2.45, 2.75) is 48.8 Å². The molecule has 4 heterocycles. The Labute approximate surface area is 217 Å². The molecule has 192 valence electrons. The van der Waals surface area contributed by atoms with E-state index in [2.05, 4.69) is 15.5 Å². The van der Waals surface area contributed by atoms with Crippen LogP contribution in [0.5, 0.6) is 0 Å². The van der Waals surface area contributed by atoms with Crippen LogP contribution < -0.4 is 5.32 Å². The van der Waals surface area contributed by atoms with Crippen LogP contribution in [-0.2, 0) is 19.6 Å². The number of rotatable bonds is 8. The van der Waals surface area contributed by atoms with Crippen LogP contribution in [-0.4, -0.2) is 65.3 Å². The van der Waals surface area contributed by atoms with Gasteiger partial charge < -0.3 is 14.7 Å². The van der Waals surface area contributed by atoms with E-state index in [1.807, 2.05) is 0 Å². The summed E-state index contributed by atoms with van der Waals surface area (Å²) < 4.78 is 33.0. The largest absolute Gasteiger partial charge is 0.355 e. The SMILES string of the molecule is O=C(Nc1nccs1)C(CC1CCCCC1)N1CCN(S(=O)(=O)c2ccc(-c3ccno3)s2)CC1=O. The third-order valence-corrected chi connectivity index (χ3v) is 10.8. The highest BCUT2D eigenvalue weighted by molar-refractivity contribution is 7.91. The van der Waals surface area contributed by atoms with Crippen LogP contribution in [0, 0.1) is 5.92 Å². The van der Waals surface area contributed by atoms with E-state index in [9.17, 15) is 18.0 Å². The minimum atomic E-state index is -3.87. The van der Waals surface area contributed by atoms with Crippen molar-refractivity contribution >= 4 is 49.6 Å². The average molecular weight is 550 g/mol. The molecular formula is C23H27N5O5S3. The first-order valence-electron chi connectivity index (χ1n) is 11.9. The van der Waals surface area contributed by atoms with E-state index in [1.165, 1.54) is 34.3 Å². The van der Waals surface area contributed by atoms with E-state index in [-0.39, 0.29) is 35.7 Å². The second kappa shape index (κ2) is 10.8. The fraction of sp³-hybridized carbons (Fsp3) is 0.478. The van der Waals surface area contributed by atoms with E-state index in [4.69, 9.17) is 4.52 Å². The number of amides is 2. The third kappa shape index (κ3) is 5.38. The molecule has 2 fully saturated rings. The van der Waals surface area contributed by atoms with Crippen molar-refractivity contribution in [2.24, 2.45) is 5.92 Å². The Bertz CT molecular complexity index is 1280. The Kier molecular flexibility index (Phi) is 7.51. The Morgan fingerprint density at radius 3 is 2.69 bits per heavy atom. The lowest BCUT2D eigenvalue weighted by Crippen LogP contribution is -2.58. The Morgan fingerprint density at radius 2 is 2.00 bits per heavy atom. The van der Waals surface area contributed by atoms with E-state index < -0.39 is 16.1 Å². The molecule has 5 rings (SSSR count). The van der Waals surface area contributed by atoms with Gasteiger partial charge in [0.25, 0.3) is 10.0 Å². The monoisotopic (exact) mass is 549 g/mol. The van der Waals surface area contributed by atoms with Crippen molar-refractivity contribution in [3.05, 3.63) is 36.0 Å². The van der Waals surface area contributed by atoms with Crippen LogP contribution in [0.4, 0.5) is 5.13 Å². The molecule has 0 spiro atoms. The number of piperazine rings is 1. The number of thiophene rings is 1. The molecule has 1 atom stereocenters. The predicted octanol–water partition coefficient (Wildman–Crippen LogP) is 3.67. The number of carbonyl (C=O) groups is 2. The minimum absolute atomic E-state index is 0.120. The number of sulfonamides is 1. The number of anilines is 1. The standard InChI is InChI=1S/C23H27N5O5S3/c29-20-15-27(36(31,32)21-7-6-19(35-21)18-8-9-25-33-18)11-12-28(20)17(14-16-4-2-1-3-5-16)22(30)26-23-24-10-13-34-23/h6-10,13,16-17H,1-5,11-12,14-15H2,(H,24,26,30). The molecule has 2 aliphatic rings. The van der Waals surface area contributed by atoms with E-state index >= 15 is 0 Å². The maximum atomic E-state index is 13.3. The molecule has 0 bridgehead atoms. The molecule has 1 aliphatic carbocycles. The number of nitrogens with one attached hydrogen (secondary N) is 1. The first-order chi connectivity index (χ1) is 17.4. The van der Waals surface area contributed by atoms with E-state index in [0.717, 1.165) is 37.0 Å². The summed E-state index contributed by atoms with van der Waals surface area (Å²) in [6.45, 7) is -0.0278. The lowest BCUT2D eigenvalue weighted by Gasteiger charge is -2.39. The number of thiazole rings is 1. The Morgan fingerprint density at radius 1 is 1.17 bits per heavy atom. The first kappa shape index (κ1) is 25.1. The number of aromatic nitrogens is 2. The molecule has 3 aromatic rings. The number of hydrogen-bond acceptors (Lipinski definition) is 9. The van der Waals surface area contributed by atoms with Crippen LogP contribution in [0.1, 0.15) is 38.5 Å². The number of hydrogen-bond donors (Lipinski definition) is 1. The topological polar surface area (TPSA) is 126 Å². The predicted molar refractivity (Wildman–Crippen MR) is 136 cm³/mol. The van der Waals surface area contributed by atoms with Crippen molar-refractivity contribution in [2.75, 3.05) is 25.0 Å². The summed E-state index contributed by atoms with van der Waals surface area (Å²) in [6.07, 6.45) is 9.21. The van der Waals surface area contributed by atoms with Crippen LogP contribution in [0.3, 0.4) is 0 Å². The van der Waals surface area contributed by atoms with Gasteiger partial charge >= 0.3 is 0 Å². The summed E-state index contributed by atoms with van der Waals surface area (Å²) in [4.78, 5) is 32.9. The van der Waals surface area contributed by atoms with Gasteiger partial charge in [0.1, 0.15) is 10.3 Å². The fourth-order valence-corrected chi connectivity index (χ4v) is 8.18. The second-order valence-electron chi connectivity index (χ2n) is 9.00. The van der Waals surface area contributed by atoms with Crippen molar-refractivity contribution in [1.29, 1.82) is 0 Å². The Balaban J connectivity index is 1.30. The molecule has 1 N–H and O–H groups in total. The first-order valence-corrected chi connectivity index (χ1v) is 15.1. The van der Waals surface area contributed by atoms with Gasteiger partial charge in [-0.25, -0.2) is 13.4 Å². The zero-order valence-electron chi connectivity index (χ0n) is 19.5. The van der Waals surface area contributed by atoms with Crippen LogP contribution >= 0.6 is 22.7 Å². The molecule has 1 unspecified atom stereocenters. The average Bonchev–Trinajstić information content (AvgIpc) is 3.66. The molecule has 1 saturated carbocycles. The summed E-state index contributed by atoms with van der Waals surface area (Å²) in [5.74, 6) is 0.210. The van der Waals surface area contributed by atoms with Crippen molar-refractivity contribution in [1.82, 2.24) is 19.3 Å². The molecule has 1 aliphatic heterocycles. The number of nitrogens with zero attached hydrogens (tertiary/aromatic N) is 4. The maximum Gasteiger partial charge on any atom is 0.253 e. The minimum Gasteiger partial charge on any atom is -0.355 e. The van der Waals surface area contributed by atoms with Gasteiger partial charge in [0.15, 0.2) is 10.9 Å². The van der Waals surface area contributed by atoms with E-state index in [1.54, 1.807) is 28.6 Å². The summed E-state index contributed by atoms with van der Waals surface area (Å²) in [6, 6.07) is 4.18. The molecule has 0 radical (unpaired) electrons. The lowest BCUT2D eigenvalue weighted by atomic mass is 9.84. The van der Waals surface area contributed by atoms with Gasteiger partial charge in [-0.3, -0.25) is 9.59 Å². The molecule has 13 heteroatoms. The van der Waals surface area contributed by atoms with Gasteiger partial charge in [-0.15, -0.1) is 22.7 Å². The van der Waals surface area contributed by atoms with Crippen molar-refractivity contribution < 1.29 is 22.5 Å². The lowest BCUT2D eigenvalue weighted by molar-refractivity contribution is -0.142. The highest BCUT2D eigenvalue weighted by Gasteiger charge is 2.39. The van der Waals surface area contributed by atoms with Gasteiger partial charge in [-0.2, -0.15) is 4.31 Å². The summed E-state index contributed by atoms with van der Waals surface area (Å²) in [5.41, 5.74) is 0. The molecule has 10 nitrogen and oxygen atoms in total. The summed E-state index contributed by atoms with van der Waals surface area (Å²) >= 11 is 2.39. The normalized spacial score (nSPS) is 18.9. The van der Waals surface area contributed by atoms with Gasteiger partial charge in [-0.1, -0.05) is 37.3 Å². The molecule has 3 aromatic heterocycles.